The van der Waals surface area contributed by atoms with Crippen LogP contribution in [0.25, 0.3) is 0 Å². The molecule has 0 amide bonds. The number of rotatable bonds is 12. The Morgan fingerprint density at radius 3 is 1.72 bits per heavy atom. The lowest BCUT2D eigenvalue weighted by atomic mass is 9.76. The molecule has 0 unspecified atom stereocenters. The summed E-state index contributed by atoms with van der Waals surface area (Å²) in [6, 6.07) is 9.19. The molecule has 0 aliphatic rings. The molecule has 0 N–H and O–H groups in total. The number of unbranched alkanes of at least 4 members (excludes halogenated alkanes) is 3. The molecule has 0 fully saturated rings. The van der Waals surface area contributed by atoms with Crippen LogP contribution in [-0.4, -0.2) is 25.2 Å². The van der Waals surface area contributed by atoms with Gasteiger partial charge in [0, 0.05) is 0 Å². The van der Waals surface area contributed by atoms with Gasteiger partial charge in [0.05, 0.1) is 13.2 Å². The Labute approximate surface area is 151 Å². The maximum absolute atomic E-state index is 13.0. The van der Waals surface area contributed by atoms with Gasteiger partial charge in [0.2, 0.25) is 0 Å². The highest BCUT2D eigenvalue weighted by atomic mass is 16.6. The van der Waals surface area contributed by atoms with Crippen molar-refractivity contribution in [3.8, 4) is 0 Å². The molecule has 0 aromatic heterocycles. The van der Waals surface area contributed by atoms with E-state index >= 15 is 0 Å². The van der Waals surface area contributed by atoms with Crippen molar-refractivity contribution < 1.29 is 19.1 Å². The van der Waals surface area contributed by atoms with Crippen molar-refractivity contribution in [1.82, 2.24) is 0 Å². The first-order valence-corrected chi connectivity index (χ1v) is 9.53. The fourth-order valence-corrected chi connectivity index (χ4v) is 2.70. The Balaban J connectivity index is 3.17. The van der Waals surface area contributed by atoms with E-state index in [9.17, 15) is 9.59 Å². The van der Waals surface area contributed by atoms with Gasteiger partial charge in [-0.15, -0.1) is 0 Å². The fraction of sp³-hybridized carbons (Fsp3) is 0.619. The zero-order valence-electron chi connectivity index (χ0n) is 15.9. The smallest absolute Gasteiger partial charge is 0.328 e. The second-order valence-electron chi connectivity index (χ2n) is 6.35. The number of hydrogen-bond acceptors (Lipinski definition) is 4. The molecule has 4 heteroatoms. The third kappa shape index (κ3) is 5.87. The monoisotopic (exact) mass is 348 g/mol. The Morgan fingerprint density at radius 1 is 0.800 bits per heavy atom. The zero-order valence-corrected chi connectivity index (χ0v) is 15.9. The molecule has 1 aromatic carbocycles. The highest BCUT2D eigenvalue weighted by molar-refractivity contribution is 6.06. The van der Waals surface area contributed by atoms with E-state index in [1.54, 1.807) is 0 Å². The van der Waals surface area contributed by atoms with E-state index in [4.69, 9.17) is 9.47 Å². The minimum absolute atomic E-state index is 0.332. The van der Waals surface area contributed by atoms with E-state index in [0.29, 0.717) is 25.2 Å². The van der Waals surface area contributed by atoms with Crippen LogP contribution in [0.3, 0.4) is 0 Å². The van der Waals surface area contributed by atoms with Gasteiger partial charge in [-0.25, -0.2) is 0 Å². The molecule has 0 radical (unpaired) electrons. The number of ether oxygens (including phenoxy) is 2. The number of benzene rings is 1. The van der Waals surface area contributed by atoms with Crippen LogP contribution in [0.15, 0.2) is 30.3 Å². The maximum Gasteiger partial charge on any atom is 0.328 e. The van der Waals surface area contributed by atoms with Gasteiger partial charge >= 0.3 is 11.9 Å². The average Bonchev–Trinajstić information content (AvgIpc) is 2.63. The Hall–Kier alpha value is -1.84. The van der Waals surface area contributed by atoms with Crippen molar-refractivity contribution >= 4 is 11.9 Å². The summed E-state index contributed by atoms with van der Waals surface area (Å²) in [6.45, 7) is 6.78. The van der Waals surface area contributed by atoms with E-state index < -0.39 is 17.4 Å². The van der Waals surface area contributed by atoms with Crippen LogP contribution in [0.4, 0.5) is 0 Å². The number of esters is 2. The van der Waals surface area contributed by atoms with Crippen molar-refractivity contribution in [2.75, 3.05) is 13.2 Å². The van der Waals surface area contributed by atoms with Crippen molar-refractivity contribution in [2.45, 2.75) is 71.1 Å². The average molecular weight is 348 g/mol. The first-order chi connectivity index (χ1) is 12.1. The number of carbonyl (C=O) groups excluding carboxylic acids is 2. The second kappa shape index (κ2) is 11.7. The van der Waals surface area contributed by atoms with Gasteiger partial charge in [-0.1, -0.05) is 76.8 Å². The van der Waals surface area contributed by atoms with Crippen LogP contribution in [-0.2, 0) is 24.5 Å². The zero-order chi connectivity index (χ0) is 18.5. The maximum atomic E-state index is 13.0. The van der Waals surface area contributed by atoms with E-state index in [-0.39, 0.29) is 0 Å². The van der Waals surface area contributed by atoms with Gasteiger partial charge in [0.25, 0.3) is 0 Å². The van der Waals surface area contributed by atoms with Gasteiger partial charge in [-0.2, -0.15) is 0 Å². The third-order valence-corrected chi connectivity index (χ3v) is 4.33. The fourth-order valence-electron chi connectivity index (χ4n) is 2.70. The summed E-state index contributed by atoms with van der Waals surface area (Å²) in [4.78, 5) is 26.0. The van der Waals surface area contributed by atoms with Crippen LogP contribution in [0, 0.1) is 0 Å². The van der Waals surface area contributed by atoms with Crippen LogP contribution >= 0.6 is 0 Å². The SMILES string of the molecule is CCCCOC(=O)C(CCCC)(C(=O)OCCCC)c1ccccc1. The highest BCUT2D eigenvalue weighted by Crippen LogP contribution is 2.33. The van der Waals surface area contributed by atoms with Crippen LogP contribution < -0.4 is 0 Å². The van der Waals surface area contributed by atoms with E-state index in [0.717, 1.165) is 38.5 Å². The molecule has 140 valence electrons. The van der Waals surface area contributed by atoms with Crippen molar-refractivity contribution in [3.05, 3.63) is 35.9 Å². The summed E-state index contributed by atoms with van der Waals surface area (Å²) in [7, 11) is 0. The van der Waals surface area contributed by atoms with Crippen molar-refractivity contribution in [3.63, 3.8) is 0 Å². The lowest BCUT2D eigenvalue weighted by Gasteiger charge is -2.30. The first-order valence-electron chi connectivity index (χ1n) is 9.53. The quantitative estimate of drug-likeness (QED) is 0.309. The topological polar surface area (TPSA) is 52.6 Å². The molecular formula is C21H32O4. The van der Waals surface area contributed by atoms with Gasteiger partial charge in [-0.05, 0) is 24.8 Å². The molecule has 0 spiro atoms. The van der Waals surface area contributed by atoms with Crippen LogP contribution in [0.1, 0.15) is 71.3 Å². The molecule has 0 atom stereocenters. The molecule has 0 heterocycles. The van der Waals surface area contributed by atoms with E-state index in [1.165, 1.54) is 0 Å². The van der Waals surface area contributed by atoms with Crippen LogP contribution in [0.2, 0.25) is 0 Å². The Kier molecular flexibility index (Phi) is 9.90. The van der Waals surface area contributed by atoms with E-state index in [2.05, 4.69) is 0 Å². The summed E-state index contributed by atoms with van der Waals surface area (Å²) in [6.07, 6.45) is 5.48. The number of carbonyl (C=O) groups is 2. The predicted molar refractivity (Wildman–Crippen MR) is 99.4 cm³/mol. The molecule has 1 aromatic rings. The van der Waals surface area contributed by atoms with Gasteiger partial charge < -0.3 is 9.47 Å². The normalized spacial score (nSPS) is 11.2. The molecule has 0 bridgehead atoms. The molecular weight excluding hydrogens is 316 g/mol. The minimum atomic E-state index is -1.36. The number of hydrogen-bond donors (Lipinski definition) is 0. The minimum Gasteiger partial charge on any atom is -0.465 e. The summed E-state index contributed by atoms with van der Waals surface area (Å²) in [5.74, 6) is -0.968. The van der Waals surface area contributed by atoms with E-state index in [1.807, 2.05) is 51.1 Å². The lowest BCUT2D eigenvalue weighted by molar-refractivity contribution is -0.166. The second-order valence-corrected chi connectivity index (χ2v) is 6.35. The Bertz CT molecular complexity index is 488. The molecule has 0 saturated carbocycles. The lowest BCUT2D eigenvalue weighted by Crippen LogP contribution is -2.46. The molecule has 1 rings (SSSR count). The standard InChI is InChI=1S/C21H32O4/c1-4-7-15-21(18-13-11-10-12-14-18,19(22)24-16-8-5-2)20(23)25-17-9-6-3/h10-14H,4-9,15-17H2,1-3H3. The largest absolute Gasteiger partial charge is 0.465 e. The Morgan fingerprint density at radius 2 is 1.28 bits per heavy atom. The molecule has 0 saturated heterocycles. The molecule has 25 heavy (non-hydrogen) atoms. The van der Waals surface area contributed by atoms with Gasteiger partial charge in [-0.3, -0.25) is 9.59 Å². The third-order valence-electron chi connectivity index (χ3n) is 4.33. The molecule has 0 aliphatic heterocycles. The van der Waals surface area contributed by atoms with Gasteiger partial charge in [0.1, 0.15) is 0 Å². The van der Waals surface area contributed by atoms with Crippen molar-refractivity contribution in [2.24, 2.45) is 0 Å². The summed E-state index contributed by atoms with van der Waals surface area (Å²) in [5, 5.41) is 0. The van der Waals surface area contributed by atoms with Crippen molar-refractivity contribution in [1.29, 1.82) is 0 Å². The summed E-state index contributed by atoms with van der Waals surface area (Å²) in [5.41, 5.74) is -0.704. The first kappa shape index (κ1) is 21.2. The van der Waals surface area contributed by atoms with Gasteiger partial charge in [0.15, 0.2) is 5.41 Å². The highest BCUT2D eigenvalue weighted by Gasteiger charge is 2.50. The predicted octanol–water partition coefficient (Wildman–Crippen LogP) is 4.80. The van der Waals surface area contributed by atoms with Crippen LogP contribution in [0.5, 0.6) is 0 Å². The molecule has 4 nitrogen and oxygen atoms in total. The summed E-state index contributed by atoms with van der Waals surface area (Å²) < 4.78 is 11.0. The summed E-state index contributed by atoms with van der Waals surface area (Å²) >= 11 is 0. The molecule has 0 aliphatic carbocycles.